The highest BCUT2D eigenvalue weighted by atomic mass is 32.2. The quantitative estimate of drug-likeness (QED) is 0.613. The Balaban J connectivity index is 1.42. The molecule has 0 spiro atoms. The van der Waals surface area contributed by atoms with E-state index in [0.29, 0.717) is 38.3 Å². The number of nitrogens with zero attached hydrogens (tertiary/aromatic N) is 3. The summed E-state index contributed by atoms with van der Waals surface area (Å²) < 4.78 is 32.6. The normalized spacial score (nSPS) is 16.5. The minimum atomic E-state index is -3.56. The van der Waals surface area contributed by atoms with E-state index in [1.54, 1.807) is 12.1 Å². The summed E-state index contributed by atoms with van der Waals surface area (Å²) in [6.45, 7) is 4.13. The van der Waals surface area contributed by atoms with Crippen molar-refractivity contribution >= 4 is 26.8 Å². The van der Waals surface area contributed by atoms with Crippen LogP contribution >= 0.6 is 0 Å². The Kier molecular flexibility index (Phi) is 5.01. The fourth-order valence-corrected chi connectivity index (χ4v) is 4.82. The smallest absolute Gasteiger partial charge is 0.243 e. The van der Waals surface area contributed by atoms with Crippen molar-refractivity contribution in [1.29, 1.82) is 0 Å². The highest BCUT2D eigenvalue weighted by Crippen LogP contribution is 2.22. The number of sulfonamides is 1. The number of carbonyl (C=O) groups excluding carboxylic acids is 1. The van der Waals surface area contributed by atoms with E-state index in [4.69, 9.17) is 4.52 Å². The molecule has 0 bridgehead atoms. The van der Waals surface area contributed by atoms with E-state index in [0.717, 1.165) is 16.7 Å². The number of para-hydroxylation sites is 1. The van der Waals surface area contributed by atoms with Gasteiger partial charge in [-0.05, 0) is 31.2 Å². The van der Waals surface area contributed by atoms with Crippen molar-refractivity contribution in [3.63, 3.8) is 0 Å². The summed E-state index contributed by atoms with van der Waals surface area (Å²) in [6.07, 6.45) is 0. The summed E-state index contributed by atoms with van der Waals surface area (Å²) in [7, 11) is -3.56. The number of hydrogen-bond acceptors (Lipinski definition) is 6. The molecule has 4 rings (SSSR count). The molecule has 0 aliphatic carbocycles. The molecule has 1 fully saturated rings. The van der Waals surface area contributed by atoms with E-state index < -0.39 is 10.0 Å². The Hall–Kier alpha value is -2.55. The van der Waals surface area contributed by atoms with E-state index in [1.165, 1.54) is 23.4 Å². The second kappa shape index (κ2) is 7.46. The fourth-order valence-electron chi connectivity index (χ4n) is 3.40. The number of Topliss-reactive ketones (excluding diaryl/α,β-unsaturated/α-hetero) is 1. The summed E-state index contributed by atoms with van der Waals surface area (Å²) in [5.74, 6) is -0.0852. The molecule has 1 aliphatic rings. The largest absolute Gasteiger partial charge is 0.356 e. The first-order chi connectivity index (χ1) is 13.4. The number of hydrogen-bond donors (Lipinski definition) is 0. The van der Waals surface area contributed by atoms with Gasteiger partial charge in [0.2, 0.25) is 10.0 Å². The highest BCUT2D eigenvalue weighted by molar-refractivity contribution is 7.89. The van der Waals surface area contributed by atoms with Crippen LogP contribution in [0.25, 0.3) is 11.0 Å². The van der Waals surface area contributed by atoms with E-state index in [2.05, 4.69) is 10.1 Å². The number of benzene rings is 2. The topological polar surface area (TPSA) is 83.7 Å². The Morgan fingerprint density at radius 1 is 1.04 bits per heavy atom. The van der Waals surface area contributed by atoms with Crippen LogP contribution in [0.1, 0.15) is 23.0 Å². The average molecular weight is 399 g/mol. The summed E-state index contributed by atoms with van der Waals surface area (Å²) in [6, 6.07) is 13.8. The molecule has 0 unspecified atom stereocenters. The van der Waals surface area contributed by atoms with Gasteiger partial charge in [-0.2, -0.15) is 4.31 Å². The first-order valence-electron chi connectivity index (χ1n) is 9.12. The lowest BCUT2D eigenvalue weighted by molar-refractivity contribution is 0.101. The molecule has 28 heavy (non-hydrogen) atoms. The van der Waals surface area contributed by atoms with Gasteiger partial charge in [0.25, 0.3) is 0 Å². The fraction of sp³-hybridized carbons (Fsp3) is 0.300. The standard InChI is InChI=1S/C20H21N3O4S/c1-15(24)16-6-8-17(9-7-16)28(25,26)23-12-10-22(11-13-23)14-19-18-4-2-3-5-20(18)27-21-19/h2-9H,10-14H2,1H3. The third-order valence-electron chi connectivity index (χ3n) is 5.06. The predicted molar refractivity (Wildman–Crippen MR) is 104 cm³/mol. The van der Waals surface area contributed by atoms with Crippen molar-refractivity contribution in [2.24, 2.45) is 0 Å². The van der Waals surface area contributed by atoms with E-state index >= 15 is 0 Å². The van der Waals surface area contributed by atoms with Gasteiger partial charge in [-0.25, -0.2) is 8.42 Å². The maximum atomic E-state index is 12.9. The summed E-state index contributed by atoms with van der Waals surface area (Å²) in [5, 5.41) is 5.14. The second-order valence-electron chi connectivity index (χ2n) is 6.89. The molecular formula is C20H21N3O4S. The van der Waals surface area contributed by atoms with Crippen LogP contribution in [-0.2, 0) is 16.6 Å². The maximum absolute atomic E-state index is 12.9. The zero-order valence-corrected chi connectivity index (χ0v) is 16.4. The van der Waals surface area contributed by atoms with Gasteiger partial charge in [0.15, 0.2) is 11.4 Å². The molecule has 0 saturated carbocycles. The number of piperazine rings is 1. The monoisotopic (exact) mass is 399 g/mol. The Morgan fingerprint density at radius 2 is 1.71 bits per heavy atom. The SMILES string of the molecule is CC(=O)c1ccc(S(=O)(=O)N2CCN(Cc3noc4ccccc34)CC2)cc1. The number of fused-ring (bicyclic) bond motifs is 1. The third-order valence-corrected chi connectivity index (χ3v) is 6.97. The lowest BCUT2D eigenvalue weighted by Crippen LogP contribution is -2.48. The van der Waals surface area contributed by atoms with Gasteiger partial charge in [-0.3, -0.25) is 9.69 Å². The molecule has 146 valence electrons. The van der Waals surface area contributed by atoms with E-state index in [1.807, 2.05) is 24.3 Å². The molecule has 0 N–H and O–H groups in total. The van der Waals surface area contributed by atoms with Crippen LogP contribution in [0.2, 0.25) is 0 Å². The van der Waals surface area contributed by atoms with Crippen molar-refractivity contribution in [1.82, 2.24) is 14.4 Å². The predicted octanol–water partition coefficient (Wildman–Crippen LogP) is 2.54. The third kappa shape index (κ3) is 3.58. The molecule has 2 aromatic carbocycles. The number of rotatable bonds is 5. The zero-order valence-electron chi connectivity index (χ0n) is 15.5. The second-order valence-corrected chi connectivity index (χ2v) is 8.82. The first-order valence-corrected chi connectivity index (χ1v) is 10.6. The van der Waals surface area contributed by atoms with Gasteiger partial charge in [0, 0.05) is 43.7 Å². The molecular weight excluding hydrogens is 378 g/mol. The van der Waals surface area contributed by atoms with Crippen LogP contribution in [-0.4, -0.2) is 54.7 Å². The first kappa shape index (κ1) is 18.8. The summed E-state index contributed by atoms with van der Waals surface area (Å²) in [4.78, 5) is 13.8. The number of ketones is 1. The Labute approximate surface area is 163 Å². The van der Waals surface area contributed by atoms with Gasteiger partial charge in [0.05, 0.1) is 4.90 Å². The van der Waals surface area contributed by atoms with Gasteiger partial charge >= 0.3 is 0 Å². The van der Waals surface area contributed by atoms with Crippen molar-refractivity contribution < 1.29 is 17.7 Å². The molecule has 3 aromatic rings. The minimum Gasteiger partial charge on any atom is -0.356 e. The molecule has 0 atom stereocenters. The molecule has 1 aromatic heterocycles. The number of carbonyl (C=O) groups is 1. The lowest BCUT2D eigenvalue weighted by atomic mass is 10.2. The van der Waals surface area contributed by atoms with Crippen molar-refractivity contribution in [3.05, 3.63) is 59.8 Å². The zero-order chi connectivity index (χ0) is 19.7. The molecule has 7 nitrogen and oxygen atoms in total. The highest BCUT2D eigenvalue weighted by Gasteiger charge is 2.29. The van der Waals surface area contributed by atoms with Crippen LogP contribution in [0.3, 0.4) is 0 Å². The maximum Gasteiger partial charge on any atom is 0.243 e. The summed E-state index contributed by atoms with van der Waals surface area (Å²) >= 11 is 0. The number of aromatic nitrogens is 1. The van der Waals surface area contributed by atoms with Gasteiger partial charge in [-0.1, -0.05) is 29.4 Å². The molecule has 8 heteroatoms. The lowest BCUT2D eigenvalue weighted by Gasteiger charge is -2.33. The summed E-state index contributed by atoms with van der Waals surface area (Å²) in [5.41, 5.74) is 2.13. The minimum absolute atomic E-state index is 0.0852. The van der Waals surface area contributed by atoms with Crippen LogP contribution in [0, 0.1) is 0 Å². The van der Waals surface area contributed by atoms with Crippen LogP contribution in [0.15, 0.2) is 57.9 Å². The Bertz CT molecular complexity index is 1100. The molecule has 0 radical (unpaired) electrons. The van der Waals surface area contributed by atoms with Crippen molar-refractivity contribution in [2.45, 2.75) is 18.4 Å². The van der Waals surface area contributed by atoms with Crippen LogP contribution in [0.4, 0.5) is 0 Å². The van der Waals surface area contributed by atoms with Gasteiger partial charge in [-0.15, -0.1) is 0 Å². The van der Waals surface area contributed by atoms with E-state index in [9.17, 15) is 13.2 Å². The van der Waals surface area contributed by atoms with Crippen molar-refractivity contribution in [2.75, 3.05) is 26.2 Å². The van der Waals surface area contributed by atoms with Gasteiger partial charge in [0.1, 0.15) is 5.69 Å². The molecule has 0 amide bonds. The average Bonchev–Trinajstić information content (AvgIpc) is 3.11. The molecule has 2 heterocycles. The van der Waals surface area contributed by atoms with E-state index in [-0.39, 0.29) is 10.7 Å². The molecule has 1 saturated heterocycles. The van der Waals surface area contributed by atoms with Crippen LogP contribution in [0.5, 0.6) is 0 Å². The van der Waals surface area contributed by atoms with Gasteiger partial charge < -0.3 is 4.52 Å². The molecule has 1 aliphatic heterocycles. The van der Waals surface area contributed by atoms with Crippen molar-refractivity contribution in [3.8, 4) is 0 Å². The Morgan fingerprint density at radius 3 is 2.39 bits per heavy atom. The van der Waals surface area contributed by atoms with Crippen LogP contribution < -0.4 is 0 Å².